The Morgan fingerprint density at radius 3 is 2.96 bits per heavy atom. The summed E-state index contributed by atoms with van der Waals surface area (Å²) in [6, 6.07) is 12.5. The van der Waals surface area contributed by atoms with Crippen molar-refractivity contribution < 1.29 is 4.74 Å². The van der Waals surface area contributed by atoms with E-state index in [9.17, 15) is 0 Å². The van der Waals surface area contributed by atoms with Crippen molar-refractivity contribution >= 4 is 17.3 Å². The lowest BCUT2D eigenvalue weighted by Crippen LogP contribution is -2.40. The monoisotopic (exact) mass is 396 g/mol. The van der Waals surface area contributed by atoms with Gasteiger partial charge in [-0.3, -0.25) is 0 Å². The van der Waals surface area contributed by atoms with Crippen LogP contribution in [0.15, 0.2) is 46.8 Å². The number of rotatable bonds is 5. The number of ether oxygens (including phenoxy) is 1. The second kappa shape index (κ2) is 8.43. The van der Waals surface area contributed by atoms with Crippen molar-refractivity contribution in [2.75, 3.05) is 6.61 Å². The van der Waals surface area contributed by atoms with E-state index in [0.717, 1.165) is 41.9 Å². The van der Waals surface area contributed by atoms with E-state index in [4.69, 9.17) is 9.73 Å². The van der Waals surface area contributed by atoms with Crippen LogP contribution in [0, 0.1) is 6.92 Å². The molecule has 0 fully saturated rings. The molecular formula is C20H24N6OS. The number of aryl methyl sites for hydroxylation is 1. The molecule has 7 nitrogen and oxygen atoms in total. The van der Waals surface area contributed by atoms with Crippen LogP contribution in [0.2, 0.25) is 0 Å². The van der Waals surface area contributed by atoms with Crippen molar-refractivity contribution in [2.24, 2.45) is 12.0 Å². The second-order valence-corrected chi connectivity index (χ2v) is 7.72. The number of benzene rings is 1. The number of thiophene rings is 1. The van der Waals surface area contributed by atoms with Crippen LogP contribution in [0.4, 0.5) is 0 Å². The van der Waals surface area contributed by atoms with Crippen LogP contribution in [0.5, 0.6) is 5.75 Å². The molecule has 3 aromatic rings. The molecule has 28 heavy (non-hydrogen) atoms. The Bertz CT molecular complexity index is 950. The molecule has 146 valence electrons. The predicted octanol–water partition coefficient (Wildman–Crippen LogP) is 2.94. The maximum atomic E-state index is 5.78. The summed E-state index contributed by atoms with van der Waals surface area (Å²) in [6.07, 6.45) is 0.889. The van der Waals surface area contributed by atoms with Crippen LogP contribution in [0.25, 0.3) is 0 Å². The van der Waals surface area contributed by atoms with E-state index in [-0.39, 0.29) is 6.04 Å². The highest BCUT2D eigenvalue weighted by atomic mass is 32.1. The summed E-state index contributed by atoms with van der Waals surface area (Å²) in [6.45, 7) is 3.82. The number of fused-ring (bicyclic) bond motifs is 1. The molecule has 1 aliphatic heterocycles. The minimum Gasteiger partial charge on any atom is -0.493 e. The van der Waals surface area contributed by atoms with Crippen molar-refractivity contribution in [2.45, 2.75) is 32.5 Å². The molecule has 8 heteroatoms. The lowest BCUT2D eigenvalue weighted by molar-refractivity contribution is 0.261. The van der Waals surface area contributed by atoms with Gasteiger partial charge in [0.15, 0.2) is 11.8 Å². The van der Waals surface area contributed by atoms with Gasteiger partial charge >= 0.3 is 0 Å². The summed E-state index contributed by atoms with van der Waals surface area (Å²) in [5.74, 6) is 3.41. The molecule has 0 radical (unpaired) electrons. The van der Waals surface area contributed by atoms with Crippen molar-refractivity contribution in [3.8, 4) is 5.75 Å². The number of para-hydroxylation sites is 1. The fraction of sp³-hybridized carbons (Fsp3) is 0.350. The highest BCUT2D eigenvalue weighted by Gasteiger charge is 2.22. The first kappa shape index (κ1) is 18.5. The largest absolute Gasteiger partial charge is 0.493 e. The van der Waals surface area contributed by atoms with Gasteiger partial charge in [-0.2, -0.15) is 0 Å². The van der Waals surface area contributed by atoms with Crippen molar-refractivity contribution in [3.05, 3.63) is 63.9 Å². The fourth-order valence-corrected chi connectivity index (χ4v) is 3.78. The van der Waals surface area contributed by atoms with Crippen molar-refractivity contribution in [3.63, 3.8) is 0 Å². The maximum absolute atomic E-state index is 5.78. The van der Waals surface area contributed by atoms with Crippen LogP contribution >= 0.6 is 11.3 Å². The molecular weight excluding hydrogens is 372 g/mol. The van der Waals surface area contributed by atoms with Gasteiger partial charge in [0.25, 0.3) is 0 Å². The van der Waals surface area contributed by atoms with Crippen LogP contribution in [0.1, 0.15) is 34.6 Å². The lowest BCUT2D eigenvalue weighted by Gasteiger charge is -2.28. The van der Waals surface area contributed by atoms with Gasteiger partial charge in [0.1, 0.15) is 18.1 Å². The standard InChI is InChI=1S/C20H24N6OS/c1-14-24-25-19(26(14)2)13-22-20(21-12-15-6-5-11-28-15)23-17-9-10-27-18-8-4-3-7-16(17)18/h3-8,11,17H,9-10,12-13H2,1-2H3,(H2,21,22,23). The molecule has 0 spiro atoms. The number of nitrogens with one attached hydrogen (secondary N) is 2. The normalized spacial score (nSPS) is 16.4. The predicted molar refractivity (Wildman–Crippen MR) is 110 cm³/mol. The Balaban J connectivity index is 1.52. The first-order valence-corrected chi connectivity index (χ1v) is 10.2. The first-order chi connectivity index (χ1) is 13.7. The van der Waals surface area contributed by atoms with E-state index in [1.807, 2.05) is 36.7 Å². The molecule has 0 saturated heterocycles. The number of nitrogens with zero attached hydrogens (tertiary/aromatic N) is 4. The highest BCUT2D eigenvalue weighted by Crippen LogP contribution is 2.31. The zero-order valence-electron chi connectivity index (χ0n) is 16.1. The quantitative estimate of drug-likeness (QED) is 0.512. The fourth-order valence-electron chi connectivity index (χ4n) is 3.13. The smallest absolute Gasteiger partial charge is 0.192 e. The summed E-state index contributed by atoms with van der Waals surface area (Å²) in [4.78, 5) is 6.03. The van der Waals surface area contributed by atoms with E-state index < -0.39 is 0 Å². The van der Waals surface area contributed by atoms with Gasteiger partial charge in [0.2, 0.25) is 0 Å². The van der Waals surface area contributed by atoms with E-state index in [0.29, 0.717) is 13.2 Å². The third-order valence-corrected chi connectivity index (χ3v) is 5.72. The molecule has 2 N–H and O–H groups in total. The summed E-state index contributed by atoms with van der Waals surface area (Å²) >= 11 is 1.73. The Kier molecular flexibility index (Phi) is 5.57. The lowest BCUT2D eigenvalue weighted by atomic mass is 10.0. The summed E-state index contributed by atoms with van der Waals surface area (Å²) < 4.78 is 7.74. The van der Waals surface area contributed by atoms with Crippen LogP contribution in [0.3, 0.4) is 0 Å². The third kappa shape index (κ3) is 4.17. The van der Waals surface area contributed by atoms with Gasteiger partial charge in [0.05, 0.1) is 19.2 Å². The van der Waals surface area contributed by atoms with Gasteiger partial charge in [-0.1, -0.05) is 24.3 Å². The second-order valence-electron chi connectivity index (χ2n) is 6.69. The van der Waals surface area contributed by atoms with Gasteiger partial charge in [0, 0.05) is 23.9 Å². The Hall–Kier alpha value is -2.87. The van der Waals surface area contributed by atoms with Crippen molar-refractivity contribution in [1.29, 1.82) is 0 Å². The molecule has 3 heterocycles. The number of aliphatic imine (C=N–C) groups is 1. The van der Waals surface area contributed by atoms with Gasteiger partial charge in [-0.05, 0) is 24.4 Å². The average Bonchev–Trinajstić information content (AvgIpc) is 3.35. The molecule has 0 amide bonds. The number of hydrogen-bond donors (Lipinski definition) is 2. The molecule has 0 saturated carbocycles. The average molecular weight is 397 g/mol. The minimum absolute atomic E-state index is 0.153. The number of guanidine groups is 1. The zero-order valence-corrected chi connectivity index (χ0v) is 16.9. The summed E-state index contributed by atoms with van der Waals surface area (Å²) in [5.41, 5.74) is 1.16. The van der Waals surface area contributed by atoms with Gasteiger partial charge < -0.3 is 19.9 Å². The van der Waals surface area contributed by atoms with E-state index >= 15 is 0 Å². The third-order valence-electron chi connectivity index (χ3n) is 4.84. The van der Waals surface area contributed by atoms with Crippen molar-refractivity contribution in [1.82, 2.24) is 25.4 Å². The van der Waals surface area contributed by atoms with E-state index in [1.54, 1.807) is 11.3 Å². The Morgan fingerprint density at radius 2 is 2.18 bits per heavy atom. The minimum atomic E-state index is 0.153. The van der Waals surface area contributed by atoms with Crippen LogP contribution in [-0.4, -0.2) is 27.3 Å². The molecule has 1 atom stereocenters. The SMILES string of the molecule is Cc1nnc(CN=C(NCc2cccs2)NC2CCOc3ccccc32)n1C. The number of hydrogen-bond acceptors (Lipinski definition) is 5. The molecule has 1 aliphatic rings. The molecule has 4 rings (SSSR count). The topological polar surface area (TPSA) is 76.4 Å². The Labute approximate surface area is 168 Å². The van der Waals surface area contributed by atoms with Crippen LogP contribution < -0.4 is 15.4 Å². The molecule has 2 aromatic heterocycles. The first-order valence-electron chi connectivity index (χ1n) is 9.34. The maximum Gasteiger partial charge on any atom is 0.192 e. The molecule has 1 aromatic carbocycles. The van der Waals surface area contributed by atoms with Gasteiger partial charge in [-0.15, -0.1) is 21.5 Å². The molecule has 0 bridgehead atoms. The number of aromatic nitrogens is 3. The summed E-state index contributed by atoms with van der Waals surface area (Å²) in [5, 5.41) is 17.4. The van der Waals surface area contributed by atoms with E-state index in [2.05, 4.69) is 44.4 Å². The van der Waals surface area contributed by atoms with E-state index in [1.165, 1.54) is 4.88 Å². The molecule has 0 aliphatic carbocycles. The Morgan fingerprint density at radius 1 is 1.29 bits per heavy atom. The highest BCUT2D eigenvalue weighted by molar-refractivity contribution is 7.09. The molecule has 1 unspecified atom stereocenters. The van der Waals surface area contributed by atoms with Gasteiger partial charge in [-0.25, -0.2) is 4.99 Å². The zero-order chi connectivity index (χ0) is 19.3. The van der Waals surface area contributed by atoms with Crippen LogP contribution in [-0.2, 0) is 20.1 Å². The summed E-state index contributed by atoms with van der Waals surface area (Å²) in [7, 11) is 1.96.